The third-order valence-electron chi connectivity index (χ3n) is 2.35. The second kappa shape index (κ2) is 2.87. The Balaban J connectivity index is 2.74. The van der Waals surface area contributed by atoms with Crippen molar-refractivity contribution in [2.45, 2.75) is 20.3 Å². The number of aryl methyl sites for hydroxylation is 2. The van der Waals surface area contributed by atoms with E-state index in [1.165, 1.54) is 6.20 Å². The van der Waals surface area contributed by atoms with Crippen LogP contribution in [0, 0.1) is 6.92 Å². The van der Waals surface area contributed by atoms with Crippen LogP contribution in [0.15, 0.2) is 6.20 Å². The first-order valence-corrected chi connectivity index (χ1v) is 4.43. The van der Waals surface area contributed by atoms with Gasteiger partial charge >= 0.3 is 5.97 Å². The average molecular weight is 193 g/mol. The lowest BCUT2D eigenvalue weighted by molar-refractivity contribution is 0.0699. The molecular weight excluding hydrogens is 182 g/mol. The summed E-state index contributed by atoms with van der Waals surface area (Å²) in [6.07, 6.45) is 2.26. The molecule has 2 N–H and O–H groups in total. The maximum absolute atomic E-state index is 10.8. The summed E-state index contributed by atoms with van der Waals surface area (Å²) in [4.78, 5) is 15.1. The lowest BCUT2D eigenvalue weighted by atomic mass is 10.3. The fourth-order valence-electron chi connectivity index (χ4n) is 1.57. The molecule has 0 saturated carbocycles. The lowest BCUT2D eigenvalue weighted by Gasteiger charge is -1.90. The highest BCUT2D eigenvalue weighted by atomic mass is 16.4. The molecule has 0 unspecified atom stereocenters. The van der Waals surface area contributed by atoms with E-state index < -0.39 is 5.97 Å². The van der Waals surface area contributed by atoms with Gasteiger partial charge in [-0.3, -0.25) is 5.10 Å². The molecule has 0 fully saturated rings. The summed E-state index contributed by atoms with van der Waals surface area (Å²) in [7, 11) is 0. The number of fused-ring (bicyclic) bond motifs is 1. The number of imidazole rings is 1. The average Bonchev–Trinajstić information content (AvgIpc) is 2.66. The van der Waals surface area contributed by atoms with Crippen LogP contribution in [0.5, 0.6) is 0 Å². The van der Waals surface area contributed by atoms with E-state index in [0.29, 0.717) is 5.65 Å². The molecule has 0 aliphatic heterocycles. The molecule has 2 rings (SSSR count). The molecule has 0 aliphatic rings. The molecule has 0 saturated heterocycles. The largest absolute Gasteiger partial charge is 0.477 e. The van der Waals surface area contributed by atoms with Gasteiger partial charge in [-0.1, -0.05) is 6.92 Å². The van der Waals surface area contributed by atoms with Gasteiger partial charge < -0.3 is 5.11 Å². The molecule has 0 spiro atoms. The van der Waals surface area contributed by atoms with Crippen LogP contribution >= 0.6 is 0 Å². The predicted octanol–water partition coefficient (Wildman–Crippen LogP) is 1.23. The van der Waals surface area contributed by atoms with Crippen LogP contribution < -0.4 is 0 Å². The Bertz CT molecular complexity index is 495. The summed E-state index contributed by atoms with van der Waals surface area (Å²) in [6.45, 7) is 3.91. The molecule has 2 aromatic heterocycles. The Morgan fingerprint density at radius 3 is 3.00 bits per heavy atom. The molecular formula is C9H11N3O2. The maximum Gasteiger partial charge on any atom is 0.341 e. The fraction of sp³-hybridized carbons (Fsp3) is 0.333. The molecule has 5 heteroatoms. The van der Waals surface area contributed by atoms with E-state index in [4.69, 9.17) is 5.11 Å². The number of nitrogens with zero attached hydrogens (tertiary/aromatic N) is 2. The van der Waals surface area contributed by atoms with Crippen LogP contribution in [0.3, 0.4) is 0 Å². The maximum atomic E-state index is 10.8. The van der Waals surface area contributed by atoms with Crippen molar-refractivity contribution in [1.82, 2.24) is 14.6 Å². The molecule has 74 valence electrons. The Kier molecular flexibility index (Phi) is 1.80. The Hall–Kier alpha value is -1.78. The van der Waals surface area contributed by atoms with E-state index in [2.05, 4.69) is 10.1 Å². The van der Waals surface area contributed by atoms with Crippen LogP contribution in [0.25, 0.3) is 5.65 Å². The van der Waals surface area contributed by atoms with Crippen molar-refractivity contribution in [3.63, 3.8) is 0 Å². The lowest BCUT2D eigenvalue weighted by Crippen LogP contribution is -1.94. The first-order chi connectivity index (χ1) is 6.65. The van der Waals surface area contributed by atoms with Crippen LogP contribution in [0.1, 0.15) is 28.7 Å². The number of rotatable bonds is 2. The number of carbonyl (C=O) groups is 1. The van der Waals surface area contributed by atoms with Crippen molar-refractivity contribution in [3.05, 3.63) is 23.1 Å². The zero-order chi connectivity index (χ0) is 10.3. The minimum atomic E-state index is -0.955. The summed E-state index contributed by atoms with van der Waals surface area (Å²) < 4.78 is 1.70. The Morgan fingerprint density at radius 2 is 2.43 bits per heavy atom. The van der Waals surface area contributed by atoms with Crippen LogP contribution in [-0.4, -0.2) is 25.7 Å². The Labute approximate surface area is 80.4 Å². The van der Waals surface area contributed by atoms with Crippen molar-refractivity contribution in [2.75, 3.05) is 0 Å². The van der Waals surface area contributed by atoms with Crippen LogP contribution in [-0.2, 0) is 6.42 Å². The molecule has 0 atom stereocenters. The van der Waals surface area contributed by atoms with E-state index in [0.717, 1.165) is 17.8 Å². The molecule has 0 bridgehead atoms. The number of aromatic carboxylic acids is 1. The number of aromatic nitrogens is 3. The second-order valence-corrected chi connectivity index (χ2v) is 3.15. The standard InChI is InChI=1S/C9H11N3O2/c1-3-7-5(2)12-8(11-7)6(4-10-12)9(13)14/h4,10H,3H2,1-2H3,(H,13,14). The van der Waals surface area contributed by atoms with E-state index in [-0.39, 0.29) is 5.56 Å². The summed E-state index contributed by atoms with van der Waals surface area (Å²) in [5.74, 6) is -0.955. The molecule has 2 aromatic rings. The summed E-state index contributed by atoms with van der Waals surface area (Å²) in [6, 6.07) is 0. The molecule has 0 aliphatic carbocycles. The summed E-state index contributed by atoms with van der Waals surface area (Å²) >= 11 is 0. The van der Waals surface area contributed by atoms with Gasteiger partial charge in [0.15, 0.2) is 5.65 Å². The summed E-state index contributed by atoms with van der Waals surface area (Å²) in [5.41, 5.74) is 2.61. The molecule has 14 heavy (non-hydrogen) atoms. The van der Waals surface area contributed by atoms with E-state index >= 15 is 0 Å². The van der Waals surface area contributed by atoms with Crippen molar-refractivity contribution < 1.29 is 9.90 Å². The zero-order valence-corrected chi connectivity index (χ0v) is 8.03. The summed E-state index contributed by atoms with van der Waals surface area (Å²) in [5, 5.41) is 11.7. The van der Waals surface area contributed by atoms with Crippen molar-refractivity contribution in [2.24, 2.45) is 0 Å². The smallest absolute Gasteiger partial charge is 0.341 e. The van der Waals surface area contributed by atoms with Crippen molar-refractivity contribution >= 4 is 11.6 Å². The van der Waals surface area contributed by atoms with Crippen molar-refractivity contribution in [1.29, 1.82) is 0 Å². The second-order valence-electron chi connectivity index (χ2n) is 3.15. The number of aromatic amines is 1. The van der Waals surface area contributed by atoms with Gasteiger partial charge in [-0.25, -0.2) is 14.3 Å². The number of carboxylic acids is 1. The minimum Gasteiger partial charge on any atom is -0.477 e. The molecule has 2 heterocycles. The Morgan fingerprint density at radius 1 is 1.71 bits per heavy atom. The fourth-order valence-corrected chi connectivity index (χ4v) is 1.57. The topological polar surface area (TPSA) is 70.4 Å². The van der Waals surface area contributed by atoms with Crippen LogP contribution in [0.2, 0.25) is 0 Å². The number of hydrogen-bond donors (Lipinski definition) is 2. The van der Waals surface area contributed by atoms with Gasteiger partial charge in [0.05, 0.1) is 11.4 Å². The quantitative estimate of drug-likeness (QED) is 0.753. The van der Waals surface area contributed by atoms with Gasteiger partial charge in [0.1, 0.15) is 5.56 Å². The first kappa shape index (κ1) is 8.80. The molecule has 5 nitrogen and oxygen atoms in total. The zero-order valence-electron chi connectivity index (χ0n) is 8.03. The van der Waals surface area contributed by atoms with Gasteiger partial charge in [-0.05, 0) is 13.3 Å². The van der Waals surface area contributed by atoms with Gasteiger partial charge in [0, 0.05) is 6.20 Å². The predicted molar refractivity (Wildman–Crippen MR) is 50.6 cm³/mol. The van der Waals surface area contributed by atoms with E-state index in [1.807, 2.05) is 13.8 Å². The monoisotopic (exact) mass is 193 g/mol. The highest BCUT2D eigenvalue weighted by Crippen LogP contribution is 2.15. The van der Waals surface area contributed by atoms with Crippen molar-refractivity contribution in [3.8, 4) is 0 Å². The highest BCUT2D eigenvalue weighted by Gasteiger charge is 2.15. The molecule has 0 aromatic carbocycles. The third-order valence-corrected chi connectivity index (χ3v) is 2.35. The first-order valence-electron chi connectivity index (χ1n) is 4.43. The van der Waals surface area contributed by atoms with Gasteiger partial charge in [-0.15, -0.1) is 0 Å². The minimum absolute atomic E-state index is 0.216. The number of carboxylic acid groups (broad SMARTS) is 1. The normalized spacial score (nSPS) is 11.0. The number of nitrogens with one attached hydrogen (secondary N) is 1. The van der Waals surface area contributed by atoms with E-state index in [1.54, 1.807) is 4.52 Å². The number of hydrogen-bond acceptors (Lipinski definition) is 2. The van der Waals surface area contributed by atoms with Gasteiger partial charge in [0.25, 0.3) is 0 Å². The van der Waals surface area contributed by atoms with E-state index in [9.17, 15) is 4.79 Å². The molecule has 0 amide bonds. The van der Waals surface area contributed by atoms with Crippen LogP contribution in [0.4, 0.5) is 0 Å². The van der Waals surface area contributed by atoms with Gasteiger partial charge in [-0.2, -0.15) is 0 Å². The van der Waals surface area contributed by atoms with Gasteiger partial charge in [0.2, 0.25) is 0 Å². The molecule has 0 radical (unpaired) electrons. The third kappa shape index (κ3) is 1.02. The highest BCUT2D eigenvalue weighted by molar-refractivity contribution is 5.94. The SMILES string of the molecule is CCc1nc2c(C(=O)O)c[nH]n2c1C. The number of H-pyrrole nitrogens is 1.